The minimum atomic E-state index is 0.116. The van der Waals surface area contributed by atoms with E-state index >= 15 is 0 Å². The van der Waals surface area contributed by atoms with E-state index < -0.39 is 0 Å². The fraction of sp³-hybridized carbons (Fsp3) is 0.733. The third kappa shape index (κ3) is 3.19. The Hall–Kier alpha value is -0.420. The lowest BCUT2D eigenvalue weighted by molar-refractivity contribution is -0.0464. The van der Waals surface area contributed by atoms with Crippen molar-refractivity contribution in [2.24, 2.45) is 0 Å². The first-order chi connectivity index (χ1) is 9.30. The van der Waals surface area contributed by atoms with Crippen LogP contribution in [0.25, 0.3) is 0 Å². The smallest absolute Gasteiger partial charge is 0.0836 e. The van der Waals surface area contributed by atoms with Crippen molar-refractivity contribution in [1.29, 1.82) is 0 Å². The Morgan fingerprint density at radius 3 is 3.00 bits per heavy atom. The van der Waals surface area contributed by atoms with Crippen LogP contribution in [0.4, 0.5) is 0 Å². The Morgan fingerprint density at radius 1 is 1.47 bits per heavy atom. The van der Waals surface area contributed by atoms with Crippen molar-refractivity contribution in [3.05, 3.63) is 22.4 Å². The summed E-state index contributed by atoms with van der Waals surface area (Å²) in [4.78, 5) is 2.55. The quantitative estimate of drug-likeness (QED) is 0.847. The summed E-state index contributed by atoms with van der Waals surface area (Å²) in [6.45, 7) is 7.04. The van der Waals surface area contributed by atoms with Crippen LogP contribution in [-0.4, -0.2) is 42.9 Å². The predicted octanol–water partition coefficient (Wildman–Crippen LogP) is 2.91. The number of ether oxygens (including phenoxy) is 2. The van der Waals surface area contributed by atoms with E-state index in [1.165, 1.54) is 5.56 Å². The van der Waals surface area contributed by atoms with E-state index in [0.29, 0.717) is 6.10 Å². The van der Waals surface area contributed by atoms with Gasteiger partial charge in [0, 0.05) is 32.7 Å². The van der Waals surface area contributed by atoms with Crippen molar-refractivity contribution >= 4 is 11.3 Å². The van der Waals surface area contributed by atoms with Gasteiger partial charge < -0.3 is 9.47 Å². The average Bonchev–Trinajstić information content (AvgIpc) is 3.04. The molecule has 3 rings (SSSR count). The van der Waals surface area contributed by atoms with Gasteiger partial charge in [0.05, 0.1) is 18.3 Å². The molecule has 1 atom stereocenters. The van der Waals surface area contributed by atoms with Crippen molar-refractivity contribution in [2.45, 2.75) is 44.4 Å². The highest BCUT2D eigenvalue weighted by Crippen LogP contribution is 2.37. The number of likely N-dealkylation sites (tertiary alicyclic amines) is 1. The molecular formula is C15H23NO2S. The first-order valence-corrected chi connectivity index (χ1v) is 8.23. The van der Waals surface area contributed by atoms with E-state index in [4.69, 9.17) is 9.47 Å². The van der Waals surface area contributed by atoms with Gasteiger partial charge in [-0.2, -0.15) is 11.3 Å². The second-order valence-electron chi connectivity index (χ2n) is 5.68. The van der Waals surface area contributed by atoms with Crippen LogP contribution >= 0.6 is 11.3 Å². The molecular weight excluding hydrogens is 258 g/mol. The second-order valence-corrected chi connectivity index (χ2v) is 6.46. The van der Waals surface area contributed by atoms with Crippen LogP contribution in [0.15, 0.2) is 16.8 Å². The Balaban J connectivity index is 1.49. The van der Waals surface area contributed by atoms with Crippen LogP contribution in [0.1, 0.15) is 31.7 Å². The third-order valence-electron chi connectivity index (χ3n) is 4.33. The maximum atomic E-state index is 6.08. The van der Waals surface area contributed by atoms with Gasteiger partial charge in [-0.1, -0.05) is 0 Å². The minimum Gasteiger partial charge on any atom is -0.376 e. The summed E-state index contributed by atoms with van der Waals surface area (Å²) in [5.41, 5.74) is 1.56. The Bertz CT molecular complexity index is 385. The van der Waals surface area contributed by atoms with Gasteiger partial charge in [-0.3, -0.25) is 4.90 Å². The molecule has 19 heavy (non-hydrogen) atoms. The van der Waals surface area contributed by atoms with Crippen molar-refractivity contribution in [3.8, 4) is 0 Å². The molecule has 0 radical (unpaired) electrons. The molecule has 2 aliphatic rings. The fourth-order valence-corrected chi connectivity index (χ4v) is 3.91. The largest absolute Gasteiger partial charge is 0.376 e. The summed E-state index contributed by atoms with van der Waals surface area (Å²) in [7, 11) is 0. The molecule has 3 nitrogen and oxygen atoms in total. The molecule has 106 valence electrons. The van der Waals surface area contributed by atoms with Crippen molar-refractivity contribution < 1.29 is 9.47 Å². The van der Waals surface area contributed by atoms with Crippen molar-refractivity contribution in [1.82, 2.24) is 4.90 Å². The van der Waals surface area contributed by atoms with Crippen molar-refractivity contribution in [2.75, 3.05) is 26.3 Å². The van der Waals surface area contributed by atoms with Crippen molar-refractivity contribution in [3.63, 3.8) is 0 Å². The van der Waals surface area contributed by atoms with Gasteiger partial charge in [0.1, 0.15) is 0 Å². The summed E-state index contributed by atoms with van der Waals surface area (Å²) in [5.74, 6) is 0. The van der Waals surface area contributed by atoms with E-state index in [9.17, 15) is 0 Å². The number of thiophene rings is 1. The zero-order valence-electron chi connectivity index (χ0n) is 11.6. The van der Waals surface area contributed by atoms with Crippen LogP contribution in [-0.2, 0) is 16.0 Å². The summed E-state index contributed by atoms with van der Waals surface area (Å²) in [6, 6.07) is 2.23. The van der Waals surface area contributed by atoms with E-state index in [1.807, 2.05) is 0 Å². The molecule has 1 spiro atoms. The number of piperidine rings is 1. The van der Waals surface area contributed by atoms with E-state index in [0.717, 1.165) is 52.1 Å². The van der Waals surface area contributed by atoms with Gasteiger partial charge in [0.2, 0.25) is 0 Å². The normalized spacial score (nSPS) is 27.1. The standard InChI is InChI=1S/C15H23NO2S/c1-2-17-14-9-15(18-11-14)4-6-16(7-5-15)10-13-3-8-19-12-13/h3,8,12,14H,2,4-7,9-11H2,1H3. The van der Waals surface area contributed by atoms with Gasteiger partial charge in [-0.05, 0) is 42.2 Å². The third-order valence-corrected chi connectivity index (χ3v) is 5.06. The lowest BCUT2D eigenvalue weighted by Crippen LogP contribution is -2.43. The lowest BCUT2D eigenvalue weighted by Gasteiger charge is -2.38. The predicted molar refractivity (Wildman–Crippen MR) is 77.5 cm³/mol. The number of rotatable bonds is 4. The molecule has 0 amide bonds. The summed E-state index contributed by atoms with van der Waals surface area (Å²) >= 11 is 1.78. The van der Waals surface area contributed by atoms with Gasteiger partial charge in [0.15, 0.2) is 0 Å². The minimum absolute atomic E-state index is 0.116. The van der Waals surface area contributed by atoms with Gasteiger partial charge in [0.25, 0.3) is 0 Å². The molecule has 1 unspecified atom stereocenters. The zero-order valence-corrected chi connectivity index (χ0v) is 12.5. The fourth-order valence-electron chi connectivity index (χ4n) is 3.25. The first-order valence-electron chi connectivity index (χ1n) is 7.29. The maximum absolute atomic E-state index is 6.08. The highest BCUT2D eigenvalue weighted by molar-refractivity contribution is 7.07. The Kier molecular flexibility index (Phi) is 4.22. The molecule has 0 aromatic carbocycles. The molecule has 0 saturated carbocycles. The van der Waals surface area contributed by atoms with Crippen LogP contribution in [0.2, 0.25) is 0 Å². The van der Waals surface area contributed by atoms with E-state index in [-0.39, 0.29) is 5.60 Å². The Morgan fingerprint density at radius 2 is 2.32 bits per heavy atom. The topological polar surface area (TPSA) is 21.7 Å². The molecule has 1 aromatic rings. The Labute approximate surface area is 119 Å². The lowest BCUT2D eigenvalue weighted by atomic mass is 9.88. The van der Waals surface area contributed by atoms with Gasteiger partial charge in [-0.15, -0.1) is 0 Å². The molecule has 4 heteroatoms. The zero-order chi connectivity index (χ0) is 13.1. The van der Waals surface area contributed by atoms with Crippen LogP contribution in [0.5, 0.6) is 0 Å². The average molecular weight is 281 g/mol. The van der Waals surface area contributed by atoms with E-state index in [2.05, 4.69) is 28.7 Å². The maximum Gasteiger partial charge on any atom is 0.0836 e. The molecule has 0 N–H and O–H groups in total. The molecule has 2 fully saturated rings. The van der Waals surface area contributed by atoms with E-state index in [1.54, 1.807) is 11.3 Å². The molecule has 0 bridgehead atoms. The molecule has 0 aliphatic carbocycles. The van der Waals surface area contributed by atoms with Crippen LogP contribution in [0.3, 0.4) is 0 Å². The molecule has 3 heterocycles. The van der Waals surface area contributed by atoms with Crippen LogP contribution in [0, 0.1) is 0 Å². The van der Waals surface area contributed by atoms with Crippen LogP contribution < -0.4 is 0 Å². The SMILES string of the molecule is CCOC1COC2(CCN(Cc3ccsc3)CC2)C1. The number of nitrogens with zero attached hydrogens (tertiary/aromatic N) is 1. The van der Waals surface area contributed by atoms with Gasteiger partial charge in [-0.25, -0.2) is 0 Å². The molecule has 2 saturated heterocycles. The highest BCUT2D eigenvalue weighted by Gasteiger charge is 2.42. The first kappa shape index (κ1) is 13.6. The monoisotopic (exact) mass is 281 g/mol. The molecule has 1 aromatic heterocycles. The van der Waals surface area contributed by atoms with Gasteiger partial charge >= 0.3 is 0 Å². The summed E-state index contributed by atoms with van der Waals surface area (Å²) < 4.78 is 11.8. The second kappa shape index (κ2) is 5.92. The summed E-state index contributed by atoms with van der Waals surface area (Å²) in [5, 5.41) is 4.41. The number of hydrogen-bond acceptors (Lipinski definition) is 4. The highest BCUT2D eigenvalue weighted by atomic mass is 32.1. The summed E-state index contributed by atoms with van der Waals surface area (Å²) in [6.07, 6.45) is 3.72. The molecule has 2 aliphatic heterocycles. The number of hydrogen-bond donors (Lipinski definition) is 0.